The van der Waals surface area contributed by atoms with Crippen molar-refractivity contribution in [2.45, 2.75) is 0 Å². The van der Waals surface area contributed by atoms with Gasteiger partial charge in [0.15, 0.2) is 6.29 Å². The second-order valence-corrected chi connectivity index (χ2v) is 2.04. The largest absolute Gasteiger partial charge is 0.336 e. The molecule has 1 heterocycles. The van der Waals surface area contributed by atoms with Crippen LogP contribution < -0.4 is 5.49 Å². The van der Waals surface area contributed by atoms with E-state index < -0.39 is 0 Å². The lowest BCUT2D eigenvalue weighted by Gasteiger charge is -1.97. The number of pyridine rings is 1. The second-order valence-electron chi connectivity index (χ2n) is 2.04. The van der Waals surface area contributed by atoms with Gasteiger partial charge in [0.05, 0.1) is 5.56 Å². The van der Waals surface area contributed by atoms with E-state index in [1.165, 1.54) is 0 Å². The van der Waals surface area contributed by atoms with Crippen molar-refractivity contribution >= 4 is 6.29 Å². The maximum Gasteiger partial charge on any atom is 0.153 e. The molecule has 0 atom stereocenters. The first-order chi connectivity index (χ1) is 4.75. The fraction of sp³-hybridized carbons (Fsp3) is 0.143. The van der Waals surface area contributed by atoms with Crippen molar-refractivity contribution in [3.63, 3.8) is 0 Å². The topological polar surface area (TPSA) is 45.9 Å². The molecule has 10 heavy (non-hydrogen) atoms. The molecule has 1 N–H and O–H groups in total. The number of carbonyl (C=O) groups excluding carboxylic acids is 1. The van der Waals surface area contributed by atoms with E-state index in [1.807, 2.05) is 0 Å². The van der Waals surface area contributed by atoms with Gasteiger partial charge in [-0.25, -0.2) is 0 Å². The summed E-state index contributed by atoms with van der Waals surface area (Å²) in [6.45, 7) is 0. The predicted molar refractivity (Wildman–Crippen MR) is 36.7 cm³/mol. The van der Waals surface area contributed by atoms with E-state index in [1.54, 1.807) is 29.9 Å². The number of hydrogen-bond donors (Lipinski definition) is 1. The smallest absolute Gasteiger partial charge is 0.153 e. The van der Waals surface area contributed by atoms with Gasteiger partial charge in [-0.1, -0.05) is 0 Å². The van der Waals surface area contributed by atoms with Gasteiger partial charge in [0.1, 0.15) is 5.49 Å². The molecule has 0 amide bonds. The average molecular weight is 136 g/mol. The van der Waals surface area contributed by atoms with Crippen molar-refractivity contribution in [3.05, 3.63) is 29.4 Å². The van der Waals surface area contributed by atoms with Crippen molar-refractivity contribution < 1.29 is 4.79 Å². The molecular formula is C7H8N2O. The van der Waals surface area contributed by atoms with Gasteiger partial charge in [-0.05, 0) is 12.1 Å². The molecule has 0 bridgehead atoms. The summed E-state index contributed by atoms with van der Waals surface area (Å²) >= 11 is 0. The zero-order valence-corrected chi connectivity index (χ0v) is 5.66. The van der Waals surface area contributed by atoms with Crippen LogP contribution in [0, 0.1) is 5.41 Å². The summed E-state index contributed by atoms with van der Waals surface area (Å²) in [6.07, 6.45) is 2.41. The third kappa shape index (κ3) is 0.978. The Balaban J connectivity index is 3.42. The monoisotopic (exact) mass is 136 g/mol. The van der Waals surface area contributed by atoms with E-state index in [9.17, 15) is 4.79 Å². The van der Waals surface area contributed by atoms with Gasteiger partial charge in [0.25, 0.3) is 0 Å². The Labute approximate surface area is 58.4 Å². The molecule has 3 nitrogen and oxygen atoms in total. The molecular weight excluding hydrogens is 128 g/mol. The maximum absolute atomic E-state index is 10.2. The molecule has 1 rings (SSSR count). The van der Waals surface area contributed by atoms with E-state index in [4.69, 9.17) is 5.41 Å². The zero-order valence-electron chi connectivity index (χ0n) is 5.66. The fourth-order valence-electron chi connectivity index (χ4n) is 0.728. The van der Waals surface area contributed by atoms with Gasteiger partial charge >= 0.3 is 0 Å². The number of aldehydes is 1. The van der Waals surface area contributed by atoms with Gasteiger partial charge in [0, 0.05) is 13.2 Å². The Kier molecular flexibility index (Phi) is 1.67. The SMILES string of the molecule is Cn1cccc(C=O)c1=N. The van der Waals surface area contributed by atoms with Crippen LogP contribution in [0.25, 0.3) is 0 Å². The first-order valence-corrected chi connectivity index (χ1v) is 2.91. The molecule has 0 aliphatic rings. The van der Waals surface area contributed by atoms with Crippen LogP contribution in [0.15, 0.2) is 18.3 Å². The number of aromatic nitrogens is 1. The Morgan fingerprint density at radius 2 is 2.40 bits per heavy atom. The van der Waals surface area contributed by atoms with Crippen LogP contribution in [0.2, 0.25) is 0 Å². The minimum absolute atomic E-state index is 0.248. The lowest BCUT2D eigenvalue weighted by molar-refractivity contribution is 0.112. The highest BCUT2D eigenvalue weighted by atomic mass is 16.1. The summed E-state index contributed by atoms with van der Waals surface area (Å²) in [6, 6.07) is 3.36. The number of nitrogens with zero attached hydrogens (tertiary/aromatic N) is 1. The molecule has 0 unspecified atom stereocenters. The maximum atomic E-state index is 10.2. The Hall–Kier alpha value is -1.38. The Bertz CT molecular complexity index is 301. The van der Waals surface area contributed by atoms with Crippen LogP contribution in [0.5, 0.6) is 0 Å². The van der Waals surface area contributed by atoms with Crippen LogP contribution in [0.1, 0.15) is 10.4 Å². The number of nitrogens with one attached hydrogen (secondary N) is 1. The summed E-state index contributed by atoms with van der Waals surface area (Å²) in [5.74, 6) is 0. The number of carbonyl (C=O) groups is 1. The molecule has 52 valence electrons. The van der Waals surface area contributed by atoms with Crippen LogP contribution >= 0.6 is 0 Å². The van der Waals surface area contributed by atoms with Gasteiger partial charge < -0.3 is 4.57 Å². The highest BCUT2D eigenvalue weighted by Gasteiger charge is 1.91. The predicted octanol–water partition coefficient (Wildman–Crippen LogP) is 0.317. The van der Waals surface area contributed by atoms with Gasteiger partial charge in [0.2, 0.25) is 0 Å². The minimum atomic E-state index is 0.248. The molecule has 0 radical (unpaired) electrons. The summed E-state index contributed by atoms with van der Waals surface area (Å²) < 4.78 is 1.59. The molecule has 0 aliphatic heterocycles. The van der Waals surface area contributed by atoms with E-state index in [2.05, 4.69) is 0 Å². The lowest BCUT2D eigenvalue weighted by Crippen LogP contribution is -2.19. The standard InChI is InChI=1S/C7H8N2O/c1-9-4-2-3-6(5-10)7(9)8/h2-5,8H,1H3. The van der Waals surface area contributed by atoms with E-state index >= 15 is 0 Å². The number of rotatable bonds is 1. The van der Waals surface area contributed by atoms with Crippen LogP contribution in [0.4, 0.5) is 0 Å². The van der Waals surface area contributed by atoms with Crippen molar-refractivity contribution in [2.75, 3.05) is 0 Å². The minimum Gasteiger partial charge on any atom is -0.336 e. The van der Waals surface area contributed by atoms with Crippen LogP contribution in [-0.4, -0.2) is 10.9 Å². The normalized spacial score (nSPS) is 9.30. The molecule has 1 aromatic heterocycles. The Morgan fingerprint density at radius 3 is 2.90 bits per heavy atom. The summed E-state index contributed by atoms with van der Waals surface area (Å²) in [5.41, 5.74) is 0.669. The van der Waals surface area contributed by atoms with E-state index in [-0.39, 0.29) is 5.49 Å². The van der Waals surface area contributed by atoms with Crippen molar-refractivity contribution in [1.82, 2.24) is 4.57 Å². The van der Waals surface area contributed by atoms with E-state index in [0.29, 0.717) is 11.8 Å². The van der Waals surface area contributed by atoms with E-state index in [0.717, 1.165) is 0 Å². The van der Waals surface area contributed by atoms with Crippen molar-refractivity contribution in [2.24, 2.45) is 7.05 Å². The van der Waals surface area contributed by atoms with Crippen molar-refractivity contribution in [3.8, 4) is 0 Å². The summed E-state index contributed by atoms with van der Waals surface area (Å²) in [5, 5.41) is 7.33. The van der Waals surface area contributed by atoms with Gasteiger partial charge in [-0.15, -0.1) is 0 Å². The highest BCUT2D eigenvalue weighted by Crippen LogP contribution is 1.83. The third-order valence-corrected chi connectivity index (χ3v) is 1.34. The molecule has 3 heteroatoms. The fourth-order valence-corrected chi connectivity index (χ4v) is 0.728. The van der Waals surface area contributed by atoms with Gasteiger partial charge in [-0.2, -0.15) is 0 Å². The third-order valence-electron chi connectivity index (χ3n) is 1.34. The zero-order chi connectivity index (χ0) is 7.56. The molecule has 0 spiro atoms. The molecule has 1 aromatic rings. The molecule has 0 saturated heterocycles. The molecule has 0 aromatic carbocycles. The number of hydrogen-bond acceptors (Lipinski definition) is 2. The van der Waals surface area contributed by atoms with Crippen LogP contribution in [-0.2, 0) is 7.05 Å². The quantitative estimate of drug-likeness (QED) is 0.555. The number of aryl methyl sites for hydroxylation is 1. The van der Waals surface area contributed by atoms with Gasteiger partial charge in [-0.3, -0.25) is 10.2 Å². The van der Waals surface area contributed by atoms with Crippen LogP contribution in [0.3, 0.4) is 0 Å². The first kappa shape index (κ1) is 6.74. The summed E-state index contributed by atoms with van der Waals surface area (Å²) in [4.78, 5) is 10.2. The highest BCUT2D eigenvalue weighted by molar-refractivity contribution is 5.73. The molecule has 0 saturated carbocycles. The first-order valence-electron chi connectivity index (χ1n) is 2.91. The summed E-state index contributed by atoms with van der Waals surface area (Å²) in [7, 11) is 1.73. The Morgan fingerprint density at radius 1 is 1.70 bits per heavy atom. The molecule has 0 aliphatic carbocycles. The van der Waals surface area contributed by atoms with Crippen molar-refractivity contribution in [1.29, 1.82) is 5.41 Å². The molecule has 0 fully saturated rings. The lowest BCUT2D eigenvalue weighted by atomic mass is 10.3. The average Bonchev–Trinajstić information content (AvgIpc) is 1.95. The second kappa shape index (κ2) is 2.47.